The standard InChI is InChI=1S/C10H11BrF3NO2/c1-17-9-3-6(10(12,13)14)5(2-7(9)11)8(16)4-15/h2-3,8,16H,4,15H2,1H3. The van der Waals surface area contributed by atoms with E-state index in [1.165, 1.54) is 13.2 Å². The highest BCUT2D eigenvalue weighted by Crippen LogP contribution is 2.39. The average Bonchev–Trinajstić information content (AvgIpc) is 2.26. The number of hydrogen-bond acceptors (Lipinski definition) is 3. The minimum absolute atomic E-state index is 0.0466. The Hall–Kier alpha value is -0.790. The third kappa shape index (κ3) is 3.11. The fourth-order valence-electron chi connectivity index (χ4n) is 1.37. The summed E-state index contributed by atoms with van der Waals surface area (Å²) in [6.45, 7) is -0.290. The highest BCUT2D eigenvalue weighted by atomic mass is 79.9. The summed E-state index contributed by atoms with van der Waals surface area (Å²) < 4.78 is 43.4. The van der Waals surface area contributed by atoms with Gasteiger partial charge in [-0.25, -0.2) is 0 Å². The van der Waals surface area contributed by atoms with E-state index in [1.807, 2.05) is 0 Å². The van der Waals surface area contributed by atoms with Gasteiger partial charge in [0.15, 0.2) is 0 Å². The van der Waals surface area contributed by atoms with Crippen molar-refractivity contribution in [1.29, 1.82) is 0 Å². The molecule has 0 aliphatic rings. The van der Waals surface area contributed by atoms with Crippen LogP contribution in [0.25, 0.3) is 0 Å². The molecule has 0 aliphatic carbocycles. The van der Waals surface area contributed by atoms with Crippen molar-refractivity contribution in [2.75, 3.05) is 13.7 Å². The summed E-state index contributed by atoms with van der Waals surface area (Å²) >= 11 is 3.06. The van der Waals surface area contributed by atoms with Crippen LogP contribution in [0.1, 0.15) is 17.2 Å². The summed E-state index contributed by atoms with van der Waals surface area (Å²) in [6, 6.07) is 2.00. The number of rotatable bonds is 3. The first-order chi connectivity index (χ1) is 7.81. The van der Waals surface area contributed by atoms with Crippen molar-refractivity contribution in [1.82, 2.24) is 0 Å². The van der Waals surface area contributed by atoms with Crippen molar-refractivity contribution in [3.8, 4) is 5.75 Å². The number of halogens is 4. The topological polar surface area (TPSA) is 55.5 Å². The molecule has 3 N–H and O–H groups in total. The predicted molar refractivity (Wildman–Crippen MR) is 59.7 cm³/mol. The smallest absolute Gasteiger partial charge is 0.416 e. The fourth-order valence-corrected chi connectivity index (χ4v) is 1.90. The predicted octanol–water partition coefficient (Wildman–Crippen LogP) is 2.47. The molecule has 0 spiro atoms. The van der Waals surface area contributed by atoms with Gasteiger partial charge >= 0.3 is 6.18 Å². The van der Waals surface area contributed by atoms with E-state index < -0.39 is 17.8 Å². The quantitative estimate of drug-likeness (QED) is 0.901. The number of alkyl halides is 3. The van der Waals surface area contributed by atoms with Crippen LogP contribution in [0, 0.1) is 0 Å². The van der Waals surface area contributed by atoms with E-state index in [2.05, 4.69) is 15.9 Å². The van der Waals surface area contributed by atoms with Gasteiger partial charge < -0.3 is 15.6 Å². The maximum absolute atomic E-state index is 12.8. The van der Waals surface area contributed by atoms with Gasteiger partial charge in [0.2, 0.25) is 0 Å². The molecule has 3 nitrogen and oxygen atoms in total. The van der Waals surface area contributed by atoms with E-state index in [9.17, 15) is 18.3 Å². The van der Waals surface area contributed by atoms with E-state index in [-0.39, 0.29) is 17.9 Å². The van der Waals surface area contributed by atoms with Crippen molar-refractivity contribution < 1.29 is 23.0 Å². The first-order valence-electron chi connectivity index (χ1n) is 4.64. The molecule has 0 fully saturated rings. The molecule has 0 aromatic heterocycles. The van der Waals surface area contributed by atoms with Crippen LogP contribution in [-0.2, 0) is 6.18 Å². The normalized spacial score (nSPS) is 13.6. The van der Waals surface area contributed by atoms with E-state index in [1.54, 1.807) is 0 Å². The highest BCUT2D eigenvalue weighted by molar-refractivity contribution is 9.10. The van der Waals surface area contributed by atoms with Gasteiger partial charge in [0.05, 0.1) is 23.2 Å². The number of aliphatic hydroxyl groups excluding tert-OH is 1. The summed E-state index contributed by atoms with van der Waals surface area (Å²) in [5.74, 6) is 0.0466. The molecule has 0 saturated carbocycles. The summed E-state index contributed by atoms with van der Waals surface area (Å²) in [5, 5.41) is 9.47. The van der Waals surface area contributed by atoms with E-state index in [4.69, 9.17) is 10.5 Å². The summed E-state index contributed by atoms with van der Waals surface area (Å²) in [4.78, 5) is 0. The lowest BCUT2D eigenvalue weighted by Gasteiger charge is -2.18. The minimum atomic E-state index is -4.57. The second-order valence-corrected chi connectivity index (χ2v) is 4.18. The van der Waals surface area contributed by atoms with E-state index in [0.717, 1.165) is 6.07 Å². The van der Waals surface area contributed by atoms with Crippen LogP contribution >= 0.6 is 15.9 Å². The highest BCUT2D eigenvalue weighted by Gasteiger charge is 2.36. The molecule has 0 aliphatic heterocycles. The maximum Gasteiger partial charge on any atom is 0.416 e. The Kier molecular flexibility index (Phi) is 4.40. The van der Waals surface area contributed by atoms with Crippen molar-refractivity contribution in [3.63, 3.8) is 0 Å². The van der Waals surface area contributed by atoms with Gasteiger partial charge in [-0.2, -0.15) is 13.2 Å². The Labute approximate surface area is 105 Å². The zero-order valence-electron chi connectivity index (χ0n) is 8.88. The third-order valence-electron chi connectivity index (χ3n) is 2.21. The molecule has 96 valence electrons. The van der Waals surface area contributed by atoms with Gasteiger partial charge in [-0.15, -0.1) is 0 Å². The molecule has 0 heterocycles. The Balaban J connectivity index is 3.42. The number of ether oxygens (including phenoxy) is 1. The van der Waals surface area contributed by atoms with E-state index in [0.29, 0.717) is 4.47 Å². The van der Waals surface area contributed by atoms with Crippen LogP contribution < -0.4 is 10.5 Å². The van der Waals surface area contributed by atoms with Crippen molar-refractivity contribution in [2.24, 2.45) is 5.73 Å². The van der Waals surface area contributed by atoms with Crippen LogP contribution in [0.4, 0.5) is 13.2 Å². The van der Waals surface area contributed by atoms with E-state index >= 15 is 0 Å². The second kappa shape index (κ2) is 5.24. The molecule has 1 aromatic carbocycles. The molecule has 1 aromatic rings. The van der Waals surface area contributed by atoms with Gasteiger partial charge in [-0.1, -0.05) is 0 Å². The molecule has 0 saturated heterocycles. The summed E-state index contributed by atoms with van der Waals surface area (Å²) in [5.41, 5.74) is 3.95. The number of aliphatic hydroxyl groups is 1. The molecule has 0 bridgehead atoms. The molecule has 1 atom stereocenters. The first-order valence-corrected chi connectivity index (χ1v) is 5.43. The van der Waals surface area contributed by atoms with Crippen LogP contribution in [0.15, 0.2) is 16.6 Å². The van der Waals surface area contributed by atoms with Crippen LogP contribution in [0.2, 0.25) is 0 Å². The molecular formula is C10H11BrF3NO2. The Morgan fingerprint density at radius 1 is 1.47 bits per heavy atom. The molecule has 0 radical (unpaired) electrons. The Morgan fingerprint density at radius 2 is 2.06 bits per heavy atom. The number of methoxy groups -OCH3 is 1. The van der Waals surface area contributed by atoms with Gasteiger partial charge in [0.1, 0.15) is 5.75 Å². The molecular weight excluding hydrogens is 303 g/mol. The number of nitrogens with two attached hydrogens (primary N) is 1. The van der Waals surface area contributed by atoms with Crippen molar-refractivity contribution in [3.05, 3.63) is 27.7 Å². The lowest BCUT2D eigenvalue weighted by Crippen LogP contribution is -2.18. The van der Waals surface area contributed by atoms with Crippen molar-refractivity contribution >= 4 is 15.9 Å². The monoisotopic (exact) mass is 313 g/mol. The van der Waals surface area contributed by atoms with Gasteiger partial charge in [-0.3, -0.25) is 0 Å². The zero-order chi connectivity index (χ0) is 13.2. The summed E-state index contributed by atoms with van der Waals surface area (Å²) in [6.07, 6.45) is -5.94. The largest absolute Gasteiger partial charge is 0.496 e. The molecule has 7 heteroatoms. The Bertz CT molecular complexity index is 409. The van der Waals surface area contributed by atoms with Gasteiger partial charge in [0.25, 0.3) is 0 Å². The second-order valence-electron chi connectivity index (χ2n) is 3.32. The van der Waals surface area contributed by atoms with Gasteiger partial charge in [0, 0.05) is 6.54 Å². The molecule has 1 rings (SSSR count). The van der Waals surface area contributed by atoms with Crippen LogP contribution in [0.5, 0.6) is 5.75 Å². The molecule has 0 amide bonds. The maximum atomic E-state index is 12.8. The number of hydrogen-bond donors (Lipinski definition) is 2. The minimum Gasteiger partial charge on any atom is -0.496 e. The number of benzene rings is 1. The molecule has 17 heavy (non-hydrogen) atoms. The fraction of sp³-hybridized carbons (Fsp3) is 0.400. The van der Waals surface area contributed by atoms with Gasteiger partial charge in [-0.05, 0) is 33.6 Å². The Morgan fingerprint density at radius 3 is 2.47 bits per heavy atom. The third-order valence-corrected chi connectivity index (χ3v) is 2.83. The molecule has 1 unspecified atom stereocenters. The van der Waals surface area contributed by atoms with Crippen LogP contribution in [0.3, 0.4) is 0 Å². The average molecular weight is 314 g/mol. The zero-order valence-corrected chi connectivity index (χ0v) is 10.5. The first kappa shape index (κ1) is 14.3. The van der Waals surface area contributed by atoms with Crippen molar-refractivity contribution in [2.45, 2.75) is 12.3 Å². The SMILES string of the molecule is COc1cc(C(F)(F)F)c(C(O)CN)cc1Br. The lowest BCUT2D eigenvalue weighted by atomic mass is 10.0. The lowest BCUT2D eigenvalue weighted by molar-refractivity contribution is -0.139. The summed E-state index contributed by atoms with van der Waals surface area (Å²) in [7, 11) is 1.26. The van der Waals surface area contributed by atoms with Crippen LogP contribution in [-0.4, -0.2) is 18.8 Å².